The largest absolute Gasteiger partial charge is 0.490 e. The Labute approximate surface area is 178 Å². The van der Waals surface area contributed by atoms with E-state index in [0.717, 1.165) is 11.0 Å². The van der Waals surface area contributed by atoms with Crippen molar-refractivity contribution in [2.45, 2.75) is 37.4 Å². The molecule has 1 fully saturated rings. The SMILES string of the molecule is O=c1nc2c(cn1[C@@H]1O[C@H](COP(=O)(O)OP(=O)(O)OP(=O)(O)O)[C@@H](O)[C@H]1F)CCCN2. The molecule has 0 amide bonds. The second-order valence-corrected chi connectivity index (χ2v) is 11.1. The van der Waals surface area contributed by atoms with Crippen molar-refractivity contribution in [1.29, 1.82) is 0 Å². The van der Waals surface area contributed by atoms with E-state index < -0.39 is 60.4 Å². The van der Waals surface area contributed by atoms with Crippen LogP contribution in [0.4, 0.5) is 10.2 Å². The molecule has 182 valence electrons. The number of nitrogens with one attached hydrogen (secondary N) is 1. The molecule has 1 saturated heterocycles. The van der Waals surface area contributed by atoms with Gasteiger partial charge in [0.1, 0.15) is 18.0 Å². The van der Waals surface area contributed by atoms with Crippen LogP contribution in [0.15, 0.2) is 11.0 Å². The third-order valence-electron chi connectivity index (χ3n) is 4.33. The van der Waals surface area contributed by atoms with Crippen molar-refractivity contribution in [1.82, 2.24) is 9.55 Å². The molecule has 20 heteroatoms. The van der Waals surface area contributed by atoms with Crippen molar-refractivity contribution in [3.8, 4) is 0 Å². The third kappa shape index (κ3) is 6.29. The fourth-order valence-electron chi connectivity index (χ4n) is 3.05. The number of aromatic nitrogens is 2. The van der Waals surface area contributed by atoms with E-state index in [0.29, 0.717) is 24.3 Å². The van der Waals surface area contributed by atoms with E-state index in [1.54, 1.807) is 0 Å². The summed E-state index contributed by atoms with van der Waals surface area (Å²) >= 11 is 0. The molecular formula is C12H19FN3O13P3. The Kier molecular flexibility index (Phi) is 7.42. The van der Waals surface area contributed by atoms with Gasteiger partial charge in [0.05, 0.1) is 6.61 Å². The molecule has 2 unspecified atom stereocenters. The first kappa shape index (κ1) is 25.6. The minimum atomic E-state index is -5.74. The van der Waals surface area contributed by atoms with Crippen LogP contribution in [-0.4, -0.2) is 65.8 Å². The average molecular weight is 525 g/mol. The highest BCUT2D eigenvalue weighted by Crippen LogP contribution is 2.66. The zero-order chi connectivity index (χ0) is 23.9. The van der Waals surface area contributed by atoms with Crippen molar-refractivity contribution in [2.75, 3.05) is 18.5 Å². The van der Waals surface area contributed by atoms with Crippen molar-refractivity contribution in [3.05, 3.63) is 22.2 Å². The van der Waals surface area contributed by atoms with Crippen LogP contribution in [0.3, 0.4) is 0 Å². The van der Waals surface area contributed by atoms with Gasteiger partial charge in [-0.1, -0.05) is 0 Å². The Morgan fingerprint density at radius 1 is 1.22 bits per heavy atom. The Balaban J connectivity index is 1.68. The van der Waals surface area contributed by atoms with Gasteiger partial charge in [-0.15, -0.1) is 0 Å². The molecule has 6 N–H and O–H groups in total. The summed E-state index contributed by atoms with van der Waals surface area (Å²) < 4.78 is 65.8. The topological polar surface area (TPSA) is 236 Å². The fourth-order valence-corrected chi connectivity index (χ4v) is 6.08. The van der Waals surface area contributed by atoms with Gasteiger partial charge >= 0.3 is 29.2 Å². The van der Waals surface area contributed by atoms with Crippen molar-refractivity contribution < 1.29 is 60.6 Å². The summed E-state index contributed by atoms with van der Waals surface area (Å²) in [7, 11) is -16.8. The number of rotatable bonds is 8. The Morgan fingerprint density at radius 3 is 2.56 bits per heavy atom. The normalized spacial score (nSPS) is 29.6. The summed E-state index contributed by atoms with van der Waals surface area (Å²) in [5.74, 6) is 0.343. The number of anilines is 1. The lowest BCUT2D eigenvalue weighted by atomic mass is 10.1. The van der Waals surface area contributed by atoms with Gasteiger partial charge in [-0.05, 0) is 12.8 Å². The maximum atomic E-state index is 14.6. The molecule has 0 aromatic carbocycles. The van der Waals surface area contributed by atoms with E-state index in [2.05, 4.69) is 23.4 Å². The summed E-state index contributed by atoms with van der Waals surface area (Å²) in [6.07, 6.45) is -4.83. The molecule has 6 atom stereocenters. The third-order valence-corrected chi connectivity index (χ3v) is 8.13. The number of ether oxygens (including phenoxy) is 1. The Hall–Kier alpha value is -1.06. The molecule has 0 radical (unpaired) electrons. The maximum Gasteiger partial charge on any atom is 0.490 e. The monoisotopic (exact) mass is 525 g/mol. The number of aliphatic hydroxyl groups excluding tert-OH is 1. The van der Waals surface area contributed by atoms with Gasteiger partial charge in [-0.25, -0.2) is 22.9 Å². The summed E-state index contributed by atoms with van der Waals surface area (Å²) in [5.41, 5.74) is -0.274. The Morgan fingerprint density at radius 2 is 1.91 bits per heavy atom. The molecule has 1 aromatic heterocycles. The lowest BCUT2D eigenvalue weighted by Crippen LogP contribution is -2.34. The average Bonchev–Trinajstić information content (AvgIpc) is 2.91. The number of alkyl halides is 1. The maximum absolute atomic E-state index is 14.6. The summed E-state index contributed by atoms with van der Waals surface area (Å²) in [6.45, 7) is -0.465. The van der Waals surface area contributed by atoms with Crippen LogP contribution in [0.5, 0.6) is 0 Å². The van der Waals surface area contributed by atoms with E-state index in [-0.39, 0.29) is 0 Å². The van der Waals surface area contributed by atoms with Gasteiger partial charge in [0.2, 0.25) is 0 Å². The van der Waals surface area contributed by atoms with Crippen LogP contribution in [0.25, 0.3) is 0 Å². The minimum Gasteiger partial charge on any atom is -0.387 e. The molecule has 2 aliphatic rings. The van der Waals surface area contributed by atoms with Crippen molar-refractivity contribution >= 4 is 29.3 Å². The molecule has 1 aromatic rings. The van der Waals surface area contributed by atoms with Gasteiger partial charge in [0, 0.05) is 18.3 Å². The highest BCUT2D eigenvalue weighted by atomic mass is 31.3. The zero-order valence-electron chi connectivity index (χ0n) is 15.8. The standard InChI is InChI=1S/C12H19FN3O13P3/c13-8-9(17)7(5-26-31(22,23)29-32(24,25)28-30(19,20)21)27-11(8)16-4-6-2-1-3-14-10(6)15-12(16)18/h4,7-9,11,17H,1-3,5H2,(H,22,23)(H,24,25)(H,14,15,18)(H2,19,20,21)/t7-,8-,9-,11-/m1/s1. The second kappa shape index (κ2) is 9.29. The molecular weight excluding hydrogens is 506 g/mol. The second-order valence-electron chi connectivity index (χ2n) is 6.72. The molecule has 16 nitrogen and oxygen atoms in total. The zero-order valence-corrected chi connectivity index (χ0v) is 18.5. The van der Waals surface area contributed by atoms with Crippen LogP contribution >= 0.6 is 23.5 Å². The van der Waals surface area contributed by atoms with Crippen LogP contribution in [-0.2, 0) is 38.0 Å². The molecule has 0 saturated carbocycles. The lowest BCUT2D eigenvalue weighted by Gasteiger charge is -2.21. The number of phosphoric acid groups is 3. The number of hydrogen-bond acceptors (Lipinski definition) is 11. The molecule has 32 heavy (non-hydrogen) atoms. The summed E-state index contributed by atoms with van der Waals surface area (Å²) in [4.78, 5) is 51.6. The van der Waals surface area contributed by atoms with Crippen molar-refractivity contribution in [2.24, 2.45) is 0 Å². The number of phosphoric ester groups is 1. The quantitative estimate of drug-likeness (QED) is 0.236. The van der Waals surface area contributed by atoms with E-state index >= 15 is 0 Å². The molecule has 3 heterocycles. The molecule has 0 spiro atoms. The fraction of sp³-hybridized carbons (Fsp3) is 0.667. The van der Waals surface area contributed by atoms with Gasteiger partial charge < -0.3 is 34.7 Å². The first-order chi connectivity index (χ1) is 14.7. The molecule has 0 bridgehead atoms. The van der Waals surface area contributed by atoms with Crippen LogP contribution < -0.4 is 11.0 Å². The van der Waals surface area contributed by atoms with Gasteiger partial charge in [-0.2, -0.15) is 13.6 Å². The minimum absolute atomic E-state index is 0.343. The number of nitrogens with zero attached hydrogens (tertiary/aromatic N) is 2. The number of aryl methyl sites for hydroxylation is 1. The van der Waals surface area contributed by atoms with E-state index in [1.807, 2.05) is 0 Å². The highest BCUT2D eigenvalue weighted by Gasteiger charge is 2.48. The first-order valence-electron chi connectivity index (χ1n) is 8.79. The number of fused-ring (bicyclic) bond motifs is 1. The van der Waals surface area contributed by atoms with Crippen LogP contribution in [0, 0.1) is 0 Å². The lowest BCUT2D eigenvalue weighted by molar-refractivity contribution is -0.0482. The predicted octanol–water partition coefficient (Wildman–Crippen LogP) is -0.459. The smallest absolute Gasteiger partial charge is 0.387 e. The molecule has 3 rings (SSSR count). The van der Waals surface area contributed by atoms with E-state index in [4.69, 9.17) is 19.4 Å². The summed E-state index contributed by atoms with van der Waals surface area (Å²) in [5, 5.41) is 12.9. The van der Waals surface area contributed by atoms with E-state index in [1.165, 1.54) is 6.20 Å². The van der Waals surface area contributed by atoms with Gasteiger partial charge in [0.25, 0.3) is 0 Å². The first-order valence-corrected chi connectivity index (χ1v) is 13.3. The van der Waals surface area contributed by atoms with E-state index in [9.17, 15) is 32.9 Å². The van der Waals surface area contributed by atoms with Gasteiger partial charge in [-0.3, -0.25) is 9.09 Å². The van der Waals surface area contributed by atoms with Crippen LogP contribution in [0.1, 0.15) is 18.2 Å². The number of aliphatic hydroxyl groups is 1. The number of halogens is 1. The Bertz CT molecular complexity index is 1060. The highest BCUT2D eigenvalue weighted by molar-refractivity contribution is 7.66. The van der Waals surface area contributed by atoms with Crippen molar-refractivity contribution in [3.63, 3.8) is 0 Å². The predicted molar refractivity (Wildman–Crippen MR) is 99.9 cm³/mol. The molecule has 2 aliphatic heterocycles. The number of hydrogen-bond donors (Lipinski definition) is 6. The molecule has 0 aliphatic carbocycles. The van der Waals surface area contributed by atoms with Crippen LogP contribution in [0.2, 0.25) is 0 Å². The summed E-state index contributed by atoms with van der Waals surface area (Å²) in [6, 6.07) is 0. The van der Waals surface area contributed by atoms with Gasteiger partial charge in [0.15, 0.2) is 12.4 Å².